The molecule has 0 saturated heterocycles. The van der Waals surface area contributed by atoms with E-state index in [0.29, 0.717) is 29.1 Å². The molecule has 0 spiro atoms. The third-order valence-corrected chi connectivity index (χ3v) is 4.77. The molecule has 1 N–H and O–H groups in total. The Kier molecular flexibility index (Phi) is 4.22. The topological polar surface area (TPSA) is 62.1 Å². The highest BCUT2D eigenvalue weighted by atomic mass is 16.4. The van der Waals surface area contributed by atoms with Crippen molar-refractivity contribution < 1.29 is 4.42 Å². The molecule has 5 heteroatoms. The van der Waals surface area contributed by atoms with Gasteiger partial charge in [-0.05, 0) is 58.0 Å². The van der Waals surface area contributed by atoms with Gasteiger partial charge in [-0.3, -0.25) is 0 Å². The second kappa shape index (κ2) is 6.58. The molecule has 0 bridgehead atoms. The first-order chi connectivity index (χ1) is 12.9. The van der Waals surface area contributed by atoms with Crippen molar-refractivity contribution in [3.05, 3.63) is 59.0 Å². The van der Waals surface area contributed by atoms with E-state index in [0.717, 1.165) is 22.1 Å². The maximum Gasteiger partial charge on any atom is 0.347 e. The first-order valence-electron chi connectivity index (χ1n) is 9.25. The zero-order valence-electron chi connectivity index (χ0n) is 16.0. The molecule has 138 valence electrons. The van der Waals surface area contributed by atoms with Gasteiger partial charge in [0.2, 0.25) is 0 Å². The van der Waals surface area contributed by atoms with E-state index in [9.17, 15) is 4.79 Å². The van der Waals surface area contributed by atoms with Gasteiger partial charge in [-0.15, -0.1) is 0 Å². The van der Waals surface area contributed by atoms with Crippen LogP contribution in [-0.4, -0.2) is 22.1 Å². The lowest BCUT2D eigenvalue weighted by atomic mass is 10.1. The normalized spacial score (nSPS) is 11.8. The Balaban J connectivity index is 1.82. The van der Waals surface area contributed by atoms with Crippen LogP contribution < -0.4 is 10.5 Å². The van der Waals surface area contributed by atoms with Gasteiger partial charge in [-0.25, -0.2) is 9.78 Å². The highest BCUT2D eigenvalue weighted by molar-refractivity contribution is 5.85. The standard InChI is InChI=1S/C22H23N3O2/c1-13(2)25(14(3)4)16-10-9-15-11-17(22(26)27-20(15)12-16)21-23-18-7-5-6-8-19(18)24-21/h5-14H,1-4H3,(H,23,24). The number of hydrogen-bond acceptors (Lipinski definition) is 4. The Hall–Kier alpha value is -3.08. The molecule has 0 aliphatic rings. The van der Waals surface area contributed by atoms with Crippen LogP contribution in [0.3, 0.4) is 0 Å². The van der Waals surface area contributed by atoms with Crippen LogP contribution in [0, 0.1) is 0 Å². The van der Waals surface area contributed by atoms with Crippen LogP contribution in [0.25, 0.3) is 33.4 Å². The van der Waals surface area contributed by atoms with Gasteiger partial charge in [0.05, 0.1) is 11.0 Å². The molecule has 4 aromatic rings. The van der Waals surface area contributed by atoms with Crippen LogP contribution in [0.15, 0.2) is 57.7 Å². The van der Waals surface area contributed by atoms with E-state index in [4.69, 9.17) is 4.42 Å². The Bertz CT molecular complexity index is 1130. The number of aromatic amines is 1. The minimum absolute atomic E-state index is 0.351. The molecule has 4 rings (SSSR count). The van der Waals surface area contributed by atoms with Gasteiger partial charge in [0.15, 0.2) is 0 Å². The van der Waals surface area contributed by atoms with Crippen LogP contribution in [0.2, 0.25) is 0 Å². The van der Waals surface area contributed by atoms with Crippen molar-refractivity contribution in [2.24, 2.45) is 0 Å². The predicted molar refractivity (Wildman–Crippen MR) is 110 cm³/mol. The minimum Gasteiger partial charge on any atom is -0.422 e. The number of rotatable bonds is 4. The van der Waals surface area contributed by atoms with Crippen molar-refractivity contribution in [1.29, 1.82) is 0 Å². The van der Waals surface area contributed by atoms with Crippen molar-refractivity contribution in [3.8, 4) is 11.4 Å². The average Bonchev–Trinajstić information content (AvgIpc) is 3.04. The smallest absolute Gasteiger partial charge is 0.347 e. The van der Waals surface area contributed by atoms with Crippen molar-refractivity contribution >= 4 is 27.7 Å². The van der Waals surface area contributed by atoms with Crippen LogP contribution in [-0.2, 0) is 0 Å². The number of nitrogens with zero attached hydrogens (tertiary/aromatic N) is 2. The van der Waals surface area contributed by atoms with Crippen molar-refractivity contribution in [1.82, 2.24) is 9.97 Å². The molecule has 0 saturated carbocycles. The highest BCUT2D eigenvalue weighted by Gasteiger charge is 2.17. The summed E-state index contributed by atoms with van der Waals surface area (Å²) in [6, 6.07) is 16.3. The lowest BCUT2D eigenvalue weighted by molar-refractivity contribution is 0.561. The summed E-state index contributed by atoms with van der Waals surface area (Å²) < 4.78 is 5.65. The fourth-order valence-corrected chi connectivity index (χ4v) is 3.70. The number of H-pyrrole nitrogens is 1. The van der Waals surface area contributed by atoms with Crippen LogP contribution >= 0.6 is 0 Å². The SMILES string of the molecule is CC(C)N(c1ccc2cc(-c3nc4ccccc4[nH]3)c(=O)oc2c1)C(C)C. The van der Waals surface area contributed by atoms with Gasteiger partial charge in [-0.1, -0.05) is 12.1 Å². The van der Waals surface area contributed by atoms with Crippen molar-refractivity contribution in [2.45, 2.75) is 39.8 Å². The van der Waals surface area contributed by atoms with Crippen LogP contribution in [0.5, 0.6) is 0 Å². The minimum atomic E-state index is -0.389. The number of hydrogen-bond donors (Lipinski definition) is 1. The van der Waals surface area contributed by atoms with E-state index in [1.807, 2.05) is 42.5 Å². The maximum absolute atomic E-state index is 12.6. The zero-order valence-corrected chi connectivity index (χ0v) is 16.0. The number of benzene rings is 2. The first kappa shape index (κ1) is 17.3. The summed E-state index contributed by atoms with van der Waals surface area (Å²) in [5.74, 6) is 0.530. The van der Waals surface area contributed by atoms with Gasteiger partial charge in [0.25, 0.3) is 0 Å². The molecule has 0 aliphatic heterocycles. The van der Waals surface area contributed by atoms with Crippen molar-refractivity contribution in [3.63, 3.8) is 0 Å². The van der Waals surface area contributed by atoms with Crippen LogP contribution in [0.4, 0.5) is 5.69 Å². The molecule has 0 amide bonds. The van der Waals surface area contributed by atoms with Crippen molar-refractivity contribution in [2.75, 3.05) is 4.90 Å². The molecular weight excluding hydrogens is 338 g/mol. The lowest BCUT2D eigenvalue weighted by Crippen LogP contribution is -2.36. The molecule has 0 radical (unpaired) electrons. The second-order valence-electron chi connectivity index (χ2n) is 7.37. The Morgan fingerprint density at radius 1 is 1.00 bits per heavy atom. The summed E-state index contributed by atoms with van der Waals surface area (Å²) in [6.07, 6.45) is 0. The molecule has 0 atom stereocenters. The van der Waals surface area contributed by atoms with Crippen LogP contribution in [0.1, 0.15) is 27.7 Å². The Morgan fingerprint density at radius 2 is 1.74 bits per heavy atom. The number of para-hydroxylation sites is 2. The average molecular weight is 361 g/mol. The lowest BCUT2D eigenvalue weighted by Gasteiger charge is -2.33. The molecule has 0 aliphatic carbocycles. The van der Waals surface area contributed by atoms with Gasteiger partial charge in [-0.2, -0.15) is 0 Å². The third-order valence-electron chi connectivity index (χ3n) is 4.77. The van der Waals surface area contributed by atoms with Gasteiger partial charge in [0, 0.05) is 29.2 Å². The molecule has 27 heavy (non-hydrogen) atoms. The number of aromatic nitrogens is 2. The Labute approximate surface area is 157 Å². The summed E-state index contributed by atoms with van der Waals surface area (Å²) in [7, 11) is 0. The molecular formula is C22H23N3O2. The molecule has 2 heterocycles. The molecule has 0 fully saturated rings. The number of nitrogens with one attached hydrogen (secondary N) is 1. The summed E-state index contributed by atoms with van der Waals surface area (Å²) in [5, 5.41) is 0.876. The second-order valence-corrected chi connectivity index (χ2v) is 7.37. The van der Waals surface area contributed by atoms with E-state index in [2.05, 4.69) is 48.6 Å². The van der Waals surface area contributed by atoms with Gasteiger partial charge in [0.1, 0.15) is 17.0 Å². The first-order valence-corrected chi connectivity index (χ1v) is 9.25. The van der Waals surface area contributed by atoms with E-state index >= 15 is 0 Å². The number of fused-ring (bicyclic) bond motifs is 2. The van der Waals surface area contributed by atoms with E-state index in [1.54, 1.807) is 0 Å². The summed E-state index contributed by atoms with van der Waals surface area (Å²) in [4.78, 5) is 22.6. The quantitative estimate of drug-likeness (QED) is 0.522. The fourth-order valence-electron chi connectivity index (χ4n) is 3.70. The third kappa shape index (κ3) is 3.10. The number of anilines is 1. The van der Waals surface area contributed by atoms with Gasteiger partial charge >= 0.3 is 5.63 Å². The molecule has 0 unspecified atom stereocenters. The van der Waals surface area contributed by atoms with E-state index in [1.165, 1.54) is 0 Å². The predicted octanol–water partition coefficient (Wildman–Crippen LogP) is 4.96. The molecule has 5 nitrogen and oxygen atoms in total. The van der Waals surface area contributed by atoms with E-state index in [-0.39, 0.29) is 5.63 Å². The summed E-state index contributed by atoms with van der Waals surface area (Å²) in [5.41, 5.74) is 3.41. The zero-order chi connectivity index (χ0) is 19.1. The molecule has 2 aromatic heterocycles. The Morgan fingerprint density at radius 3 is 2.44 bits per heavy atom. The summed E-state index contributed by atoms with van der Waals surface area (Å²) in [6.45, 7) is 8.63. The highest BCUT2D eigenvalue weighted by Crippen LogP contribution is 2.27. The molecule has 2 aromatic carbocycles. The monoisotopic (exact) mass is 361 g/mol. The maximum atomic E-state index is 12.6. The van der Waals surface area contributed by atoms with E-state index < -0.39 is 0 Å². The fraction of sp³-hybridized carbons (Fsp3) is 0.273. The largest absolute Gasteiger partial charge is 0.422 e. The van der Waals surface area contributed by atoms with Gasteiger partial charge < -0.3 is 14.3 Å². The summed E-state index contributed by atoms with van der Waals surface area (Å²) >= 11 is 0. The number of imidazole rings is 1.